The van der Waals surface area contributed by atoms with Gasteiger partial charge in [-0.25, -0.2) is 0 Å². The first-order valence-electron chi connectivity index (χ1n) is 19.0. The first-order valence-corrected chi connectivity index (χ1v) is 19.0. The van der Waals surface area contributed by atoms with E-state index in [-0.39, 0.29) is 0 Å². The van der Waals surface area contributed by atoms with Crippen LogP contribution in [0.15, 0.2) is 203 Å². The Morgan fingerprint density at radius 1 is 0.357 bits per heavy atom. The SMILES string of the molecule is c1ccc(N(c2ccc3c(c2)oc2ccccc23)c2ccccc2-n2c3ccccc3c3ccccc32)c(-c2cccc3c2oc2cc4ccccc4cc23)c1. The van der Waals surface area contributed by atoms with E-state index in [1.165, 1.54) is 16.2 Å². The van der Waals surface area contributed by atoms with E-state index >= 15 is 0 Å². The van der Waals surface area contributed by atoms with Crippen LogP contribution < -0.4 is 4.90 Å². The lowest BCUT2D eigenvalue weighted by molar-refractivity contribution is 0.669. The van der Waals surface area contributed by atoms with Crippen molar-refractivity contribution in [3.05, 3.63) is 194 Å². The molecule has 0 saturated carbocycles. The summed E-state index contributed by atoms with van der Waals surface area (Å²) in [6.45, 7) is 0. The molecule has 0 amide bonds. The lowest BCUT2D eigenvalue weighted by atomic mass is 9.98. The van der Waals surface area contributed by atoms with Crippen LogP contribution in [0.3, 0.4) is 0 Å². The molecule has 4 nitrogen and oxygen atoms in total. The average Bonchev–Trinajstić information content (AvgIpc) is 3.92. The van der Waals surface area contributed by atoms with Crippen molar-refractivity contribution < 1.29 is 8.83 Å². The van der Waals surface area contributed by atoms with Crippen LogP contribution in [0.1, 0.15) is 0 Å². The number of hydrogen-bond donors (Lipinski definition) is 0. The second-order valence-corrected chi connectivity index (χ2v) is 14.5. The maximum Gasteiger partial charge on any atom is 0.143 e. The van der Waals surface area contributed by atoms with Gasteiger partial charge in [0.2, 0.25) is 0 Å². The molecule has 9 aromatic carbocycles. The quantitative estimate of drug-likeness (QED) is 0.178. The number of nitrogens with zero attached hydrogens (tertiary/aromatic N) is 2. The number of hydrogen-bond acceptors (Lipinski definition) is 3. The van der Waals surface area contributed by atoms with Gasteiger partial charge in [-0.3, -0.25) is 0 Å². The van der Waals surface area contributed by atoms with Crippen LogP contribution in [0.4, 0.5) is 17.1 Å². The van der Waals surface area contributed by atoms with E-state index in [1.807, 2.05) is 12.1 Å². The summed E-state index contributed by atoms with van der Waals surface area (Å²) < 4.78 is 15.8. The second-order valence-electron chi connectivity index (χ2n) is 14.5. The molecule has 12 aromatic rings. The standard InChI is InChI=1S/C52H32N2O2/c1-2-15-34-31-50-43(30-33(34)14-1)42-21-13-20-41(52(42)56-50)38-18-5-7-22-44(38)53(35-28-29-40-39-19-6-12-27-49(39)55-51(40)32-35)47-25-10-11-26-48(47)54-45-23-8-3-16-36(45)37-17-4-9-24-46(37)54/h1-32H. The molecular weight excluding hydrogens is 685 g/mol. The van der Waals surface area contributed by atoms with E-state index < -0.39 is 0 Å². The van der Waals surface area contributed by atoms with Crippen molar-refractivity contribution in [1.82, 2.24) is 4.57 Å². The number of aromatic nitrogens is 1. The normalized spacial score (nSPS) is 11.9. The van der Waals surface area contributed by atoms with Gasteiger partial charge in [-0.15, -0.1) is 0 Å². The van der Waals surface area contributed by atoms with Crippen molar-refractivity contribution in [2.24, 2.45) is 0 Å². The first-order chi connectivity index (χ1) is 27.8. The molecule has 3 heterocycles. The fourth-order valence-electron chi connectivity index (χ4n) is 8.88. The Bertz CT molecular complexity index is 3460. The van der Waals surface area contributed by atoms with Gasteiger partial charge in [-0.05, 0) is 71.4 Å². The number of benzene rings is 9. The zero-order valence-corrected chi connectivity index (χ0v) is 30.2. The molecule has 12 rings (SSSR count). The Balaban J connectivity index is 1.15. The monoisotopic (exact) mass is 716 g/mol. The van der Waals surface area contributed by atoms with E-state index in [2.05, 4.69) is 191 Å². The second kappa shape index (κ2) is 12.0. The molecule has 0 radical (unpaired) electrons. The summed E-state index contributed by atoms with van der Waals surface area (Å²) >= 11 is 0. The zero-order valence-electron chi connectivity index (χ0n) is 30.2. The number of fused-ring (bicyclic) bond motifs is 10. The minimum Gasteiger partial charge on any atom is -0.456 e. The molecule has 0 saturated heterocycles. The smallest absolute Gasteiger partial charge is 0.143 e. The molecule has 0 aliphatic heterocycles. The molecule has 4 heteroatoms. The molecular formula is C52H32N2O2. The van der Waals surface area contributed by atoms with Crippen LogP contribution in [0.2, 0.25) is 0 Å². The van der Waals surface area contributed by atoms with Crippen LogP contribution >= 0.6 is 0 Å². The third-order valence-corrected chi connectivity index (χ3v) is 11.4. The van der Waals surface area contributed by atoms with E-state index in [1.54, 1.807) is 0 Å². The molecule has 0 atom stereocenters. The van der Waals surface area contributed by atoms with Crippen molar-refractivity contribution >= 4 is 93.5 Å². The third-order valence-electron chi connectivity index (χ3n) is 11.4. The van der Waals surface area contributed by atoms with Crippen molar-refractivity contribution in [1.29, 1.82) is 0 Å². The van der Waals surface area contributed by atoms with Gasteiger partial charge in [0.25, 0.3) is 0 Å². The Morgan fingerprint density at radius 3 is 1.77 bits per heavy atom. The molecule has 3 aromatic heterocycles. The van der Waals surface area contributed by atoms with Gasteiger partial charge in [-0.2, -0.15) is 0 Å². The van der Waals surface area contributed by atoms with Crippen LogP contribution in [-0.4, -0.2) is 4.57 Å². The van der Waals surface area contributed by atoms with Crippen molar-refractivity contribution in [2.45, 2.75) is 0 Å². The van der Waals surface area contributed by atoms with Gasteiger partial charge < -0.3 is 18.3 Å². The molecule has 0 aliphatic carbocycles. The van der Waals surface area contributed by atoms with E-state index in [9.17, 15) is 0 Å². The van der Waals surface area contributed by atoms with Gasteiger partial charge in [-0.1, -0.05) is 127 Å². The van der Waals surface area contributed by atoms with Gasteiger partial charge >= 0.3 is 0 Å². The summed E-state index contributed by atoms with van der Waals surface area (Å²) in [7, 11) is 0. The summed E-state index contributed by atoms with van der Waals surface area (Å²) in [5, 5.41) is 9.21. The van der Waals surface area contributed by atoms with E-state index in [0.29, 0.717) is 0 Å². The number of rotatable bonds is 5. The summed E-state index contributed by atoms with van der Waals surface area (Å²) in [5.41, 5.74) is 12.0. The van der Waals surface area contributed by atoms with Crippen molar-refractivity contribution in [3.8, 4) is 16.8 Å². The molecule has 0 unspecified atom stereocenters. The van der Waals surface area contributed by atoms with E-state index in [4.69, 9.17) is 8.83 Å². The molecule has 0 spiro atoms. The summed E-state index contributed by atoms with van der Waals surface area (Å²) in [5.74, 6) is 0. The fraction of sp³-hybridized carbons (Fsp3) is 0. The van der Waals surface area contributed by atoms with Gasteiger partial charge in [0.15, 0.2) is 0 Å². The number of furan rings is 2. The molecule has 0 bridgehead atoms. The largest absolute Gasteiger partial charge is 0.456 e. The Morgan fingerprint density at radius 2 is 0.946 bits per heavy atom. The molecule has 262 valence electrons. The van der Waals surface area contributed by atoms with E-state index in [0.717, 1.165) is 94.2 Å². The zero-order chi connectivity index (χ0) is 36.7. The van der Waals surface area contributed by atoms with Gasteiger partial charge in [0.05, 0.1) is 28.1 Å². The number of para-hydroxylation sites is 7. The minimum atomic E-state index is 0.840. The van der Waals surface area contributed by atoms with Crippen LogP contribution in [-0.2, 0) is 0 Å². The average molecular weight is 717 g/mol. The predicted molar refractivity (Wildman–Crippen MR) is 233 cm³/mol. The summed E-state index contributed by atoms with van der Waals surface area (Å²) in [6, 6.07) is 69.0. The van der Waals surface area contributed by atoms with Crippen molar-refractivity contribution in [2.75, 3.05) is 4.90 Å². The predicted octanol–water partition coefficient (Wildman–Crippen LogP) is 14.9. The molecule has 0 N–H and O–H groups in total. The highest BCUT2D eigenvalue weighted by Gasteiger charge is 2.25. The number of anilines is 3. The first kappa shape index (κ1) is 30.9. The Hall–Kier alpha value is -7.56. The topological polar surface area (TPSA) is 34.5 Å². The maximum atomic E-state index is 6.82. The molecule has 0 fully saturated rings. The highest BCUT2D eigenvalue weighted by Crippen LogP contribution is 2.48. The third kappa shape index (κ3) is 4.53. The van der Waals surface area contributed by atoms with Gasteiger partial charge in [0, 0.05) is 55.2 Å². The van der Waals surface area contributed by atoms with Crippen LogP contribution in [0.5, 0.6) is 0 Å². The Kier molecular flexibility index (Phi) is 6.60. The van der Waals surface area contributed by atoms with Crippen molar-refractivity contribution in [3.63, 3.8) is 0 Å². The van der Waals surface area contributed by atoms with Crippen LogP contribution in [0, 0.1) is 0 Å². The summed E-state index contributed by atoms with van der Waals surface area (Å²) in [6.07, 6.45) is 0. The fourth-order valence-corrected chi connectivity index (χ4v) is 8.88. The lowest BCUT2D eigenvalue weighted by Crippen LogP contribution is -2.14. The van der Waals surface area contributed by atoms with Gasteiger partial charge in [0.1, 0.15) is 22.3 Å². The maximum absolute atomic E-state index is 6.82. The minimum absolute atomic E-state index is 0.840. The Labute approximate surface area is 321 Å². The highest BCUT2D eigenvalue weighted by molar-refractivity contribution is 6.15. The highest BCUT2D eigenvalue weighted by atomic mass is 16.3. The van der Waals surface area contributed by atoms with Crippen LogP contribution in [0.25, 0.3) is 93.3 Å². The molecule has 0 aliphatic rings. The summed E-state index contributed by atoms with van der Waals surface area (Å²) in [4.78, 5) is 2.39. The lowest BCUT2D eigenvalue weighted by Gasteiger charge is -2.30. The molecule has 56 heavy (non-hydrogen) atoms.